The molecule has 0 aromatic rings. The summed E-state index contributed by atoms with van der Waals surface area (Å²) in [5.74, 6) is 0. The van der Waals surface area contributed by atoms with E-state index in [1.54, 1.807) is 0 Å². The van der Waals surface area contributed by atoms with Gasteiger partial charge in [0.2, 0.25) is 0 Å². The summed E-state index contributed by atoms with van der Waals surface area (Å²) in [6, 6.07) is 0. The first kappa shape index (κ1) is 23.3. The quantitative estimate of drug-likeness (QED) is 0.453. The zero-order chi connectivity index (χ0) is 17.8. The number of hydrogen-bond acceptors (Lipinski definition) is 4. The van der Waals surface area contributed by atoms with Crippen LogP contribution in [0.25, 0.3) is 0 Å². The Morgan fingerprint density at radius 3 is 1.61 bits per heavy atom. The molecule has 0 fully saturated rings. The third-order valence-electron chi connectivity index (χ3n) is 4.28. The lowest BCUT2D eigenvalue weighted by molar-refractivity contribution is 0.235. The van der Waals surface area contributed by atoms with Crippen LogP contribution in [-0.2, 0) is 8.85 Å². The predicted octanol–water partition coefficient (Wildman–Crippen LogP) is 2.05. The third-order valence-corrected chi connectivity index (χ3v) is 7.78. The van der Waals surface area contributed by atoms with E-state index in [0.717, 1.165) is 32.7 Å². The van der Waals surface area contributed by atoms with E-state index in [4.69, 9.17) is 14.6 Å². The standard InChI is InChI=1S/C17H42N2O2Si2/c1-7-20-22-16(3,4)10-14-19(13-9-12-18)15-11-17(5,6)23-21-8-2/h7-15,18,22-23H2,1-6H3. The Labute approximate surface area is 149 Å². The second-order valence-corrected chi connectivity index (χ2v) is 13.3. The lowest BCUT2D eigenvalue weighted by atomic mass is 10.1. The van der Waals surface area contributed by atoms with Crippen LogP contribution in [0.3, 0.4) is 0 Å². The molecule has 2 N–H and O–H groups in total. The van der Waals surface area contributed by atoms with Gasteiger partial charge in [0.15, 0.2) is 19.5 Å². The van der Waals surface area contributed by atoms with Crippen molar-refractivity contribution in [1.29, 1.82) is 0 Å². The van der Waals surface area contributed by atoms with Crippen LogP contribution in [0.2, 0.25) is 10.1 Å². The van der Waals surface area contributed by atoms with Crippen LogP contribution in [0.4, 0.5) is 0 Å². The molecule has 0 rings (SSSR count). The first-order valence-corrected chi connectivity index (χ1v) is 11.9. The minimum Gasteiger partial charge on any atom is -0.424 e. The van der Waals surface area contributed by atoms with Crippen molar-refractivity contribution in [2.45, 2.75) is 70.9 Å². The Morgan fingerprint density at radius 1 is 0.826 bits per heavy atom. The van der Waals surface area contributed by atoms with E-state index in [2.05, 4.69) is 46.4 Å². The van der Waals surface area contributed by atoms with Gasteiger partial charge in [-0.15, -0.1) is 0 Å². The summed E-state index contributed by atoms with van der Waals surface area (Å²) >= 11 is 0. The summed E-state index contributed by atoms with van der Waals surface area (Å²) in [6.07, 6.45) is 3.55. The van der Waals surface area contributed by atoms with E-state index >= 15 is 0 Å². The van der Waals surface area contributed by atoms with Crippen molar-refractivity contribution in [3.8, 4) is 0 Å². The first-order valence-electron chi connectivity index (χ1n) is 9.34. The van der Waals surface area contributed by atoms with Crippen molar-refractivity contribution in [2.24, 2.45) is 5.73 Å². The summed E-state index contributed by atoms with van der Waals surface area (Å²) in [4.78, 5) is 2.61. The molecule has 4 nitrogen and oxygen atoms in total. The fourth-order valence-corrected chi connectivity index (χ4v) is 4.59. The molecule has 0 atom stereocenters. The summed E-state index contributed by atoms with van der Waals surface area (Å²) < 4.78 is 11.5. The van der Waals surface area contributed by atoms with E-state index < -0.39 is 19.5 Å². The van der Waals surface area contributed by atoms with Gasteiger partial charge in [-0.2, -0.15) is 0 Å². The molecule has 140 valence electrons. The zero-order valence-electron chi connectivity index (χ0n) is 16.6. The highest BCUT2D eigenvalue weighted by atomic mass is 28.2. The van der Waals surface area contributed by atoms with Crippen molar-refractivity contribution in [2.75, 3.05) is 39.4 Å². The molecule has 23 heavy (non-hydrogen) atoms. The Bertz CT molecular complexity index is 266. The average Bonchev–Trinajstić information content (AvgIpc) is 2.50. The van der Waals surface area contributed by atoms with Gasteiger partial charge >= 0.3 is 0 Å². The number of rotatable bonds is 15. The van der Waals surface area contributed by atoms with Crippen LogP contribution in [0, 0.1) is 0 Å². The molecule has 0 aromatic carbocycles. The minimum absolute atomic E-state index is 0.382. The molecular weight excluding hydrogens is 320 g/mol. The van der Waals surface area contributed by atoms with E-state index in [0.29, 0.717) is 10.1 Å². The fraction of sp³-hybridized carbons (Fsp3) is 1.00. The smallest absolute Gasteiger partial charge is 0.167 e. The van der Waals surface area contributed by atoms with Gasteiger partial charge in [0.25, 0.3) is 0 Å². The average molecular weight is 363 g/mol. The Hall–Kier alpha value is 0.274. The van der Waals surface area contributed by atoms with Gasteiger partial charge in [-0.25, -0.2) is 0 Å². The van der Waals surface area contributed by atoms with E-state index in [-0.39, 0.29) is 0 Å². The minimum atomic E-state index is -0.440. The van der Waals surface area contributed by atoms with Crippen molar-refractivity contribution in [3.05, 3.63) is 0 Å². The topological polar surface area (TPSA) is 47.7 Å². The molecule has 6 heteroatoms. The van der Waals surface area contributed by atoms with Gasteiger partial charge in [0.05, 0.1) is 0 Å². The highest BCUT2D eigenvalue weighted by Crippen LogP contribution is 2.30. The van der Waals surface area contributed by atoms with Crippen LogP contribution < -0.4 is 5.73 Å². The molecule has 0 aliphatic carbocycles. The molecule has 0 spiro atoms. The molecular formula is C17H42N2O2Si2. The van der Waals surface area contributed by atoms with Crippen LogP contribution in [0.1, 0.15) is 60.8 Å². The Kier molecular flexibility index (Phi) is 12.8. The number of nitrogens with zero attached hydrogens (tertiary/aromatic N) is 1. The Balaban J connectivity index is 4.34. The maximum absolute atomic E-state index is 5.76. The van der Waals surface area contributed by atoms with Crippen molar-refractivity contribution >= 4 is 19.5 Å². The molecule has 0 bridgehead atoms. The lowest BCUT2D eigenvalue weighted by Crippen LogP contribution is -2.33. The third kappa shape index (κ3) is 13.3. The summed E-state index contributed by atoms with van der Waals surface area (Å²) in [5.41, 5.74) is 5.72. The number of nitrogens with two attached hydrogens (primary N) is 1. The summed E-state index contributed by atoms with van der Waals surface area (Å²) in [5, 5.41) is 0.763. The van der Waals surface area contributed by atoms with Crippen LogP contribution in [0.5, 0.6) is 0 Å². The highest BCUT2D eigenvalue weighted by molar-refractivity contribution is 6.32. The molecule has 0 aliphatic heterocycles. The van der Waals surface area contributed by atoms with Crippen LogP contribution >= 0.6 is 0 Å². The maximum Gasteiger partial charge on any atom is 0.167 e. The normalized spacial score (nSPS) is 14.1. The zero-order valence-corrected chi connectivity index (χ0v) is 19.4. The van der Waals surface area contributed by atoms with Crippen molar-refractivity contribution in [1.82, 2.24) is 4.90 Å². The molecule has 0 saturated heterocycles. The SMILES string of the molecule is CCO[SiH2]C(C)(C)CCN(CCCN)CCC(C)(C)[SiH2]OCC. The Morgan fingerprint density at radius 2 is 1.26 bits per heavy atom. The monoisotopic (exact) mass is 362 g/mol. The van der Waals surface area contributed by atoms with E-state index in [1.165, 1.54) is 25.9 Å². The van der Waals surface area contributed by atoms with Gasteiger partial charge in [0.1, 0.15) is 0 Å². The van der Waals surface area contributed by atoms with Gasteiger partial charge in [-0.3, -0.25) is 0 Å². The molecule has 0 aromatic heterocycles. The fourth-order valence-electron chi connectivity index (χ4n) is 2.47. The van der Waals surface area contributed by atoms with Crippen LogP contribution in [-0.4, -0.2) is 63.8 Å². The first-order chi connectivity index (χ1) is 10.8. The molecule has 0 amide bonds. The maximum atomic E-state index is 5.76. The molecule has 0 unspecified atom stereocenters. The van der Waals surface area contributed by atoms with Gasteiger partial charge in [0, 0.05) is 13.2 Å². The van der Waals surface area contributed by atoms with Gasteiger partial charge in [-0.1, -0.05) is 27.7 Å². The highest BCUT2D eigenvalue weighted by Gasteiger charge is 2.23. The second kappa shape index (κ2) is 12.6. The number of hydrogen-bond donors (Lipinski definition) is 1. The van der Waals surface area contributed by atoms with E-state index in [9.17, 15) is 0 Å². The molecule has 0 saturated carbocycles. The van der Waals surface area contributed by atoms with E-state index in [1.807, 2.05) is 0 Å². The van der Waals surface area contributed by atoms with Crippen molar-refractivity contribution in [3.63, 3.8) is 0 Å². The largest absolute Gasteiger partial charge is 0.424 e. The molecule has 0 heterocycles. The lowest BCUT2D eigenvalue weighted by Gasteiger charge is -2.31. The van der Waals surface area contributed by atoms with Gasteiger partial charge < -0.3 is 19.5 Å². The summed E-state index contributed by atoms with van der Waals surface area (Å²) in [7, 11) is -0.880. The van der Waals surface area contributed by atoms with Crippen molar-refractivity contribution < 1.29 is 8.85 Å². The molecule has 0 aliphatic rings. The summed E-state index contributed by atoms with van der Waals surface area (Å²) in [6.45, 7) is 19.6. The van der Waals surface area contributed by atoms with Crippen LogP contribution in [0.15, 0.2) is 0 Å². The second-order valence-electron chi connectivity index (χ2n) is 8.09. The predicted molar refractivity (Wildman–Crippen MR) is 108 cm³/mol. The molecule has 0 radical (unpaired) electrons. The van der Waals surface area contributed by atoms with Gasteiger partial charge in [-0.05, 0) is 69.4 Å².